The number of carbonyl (C=O) groups is 2. The van der Waals surface area contributed by atoms with Crippen molar-refractivity contribution in [3.05, 3.63) is 29.8 Å². The van der Waals surface area contributed by atoms with Crippen molar-refractivity contribution in [1.82, 2.24) is 5.32 Å². The molecule has 6 nitrogen and oxygen atoms in total. The molecule has 0 heterocycles. The first-order chi connectivity index (χ1) is 8.49. The molecule has 1 aromatic carbocycles. The van der Waals surface area contributed by atoms with Crippen molar-refractivity contribution >= 4 is 17.5 Å². The van der Waals surface area contributed by atoms with Crippen molar-refractivity contribution in [3.63, 3.8) is 0 Å². The first kappa shape index (κ1) is 14.1. The van der Waals surface area contributed by atoms with Crippen LogP contribution in [0.15, 0.2) is 24.3 Å². The van der Waals surface area contributed by atoms with Crippen molar-refractivity contribution < 1.29 is 14.7 Å². The van der Waals surface area contributed by atoms with Crippen LogP contribution in [0.2, 0.25) is 0 Å². The van der Waals surface area contributed by atoms with Gasteiger partial charge in [0.05, 0.1) is 6.54 Å². The van der Waals surface area contributed by atoms with Crippen LogP contribution in [-0.2, 0) is 9.59 Å². The molecule has 0 saturated heterocycles. The monoisotopic (exact) mass is 251 g/mol. The summed E-state index contributed by atoms with van der Waals surface area (Å²) in [6.45, 7) is 1.91. The number of benzene rings is 1. The van der Waals surface area contributed by atoms with Gasteiger partial charge in [-0.15, -0.1) is 0 Å². The summed E-state index contributed by atoms with van der Waals surface area (Å²) in [5.41, 5.74) is 6.67. The molecule has 0 fully saturated rings. The quantitative estimate of drug-likeness (QED) is 0.540. The number of amides is 2. The highest BCUT2D eigenvalue weighted by molar-refractivity contribution is 5.92. The van der Waals surface area contributed by atoms with E-state index in [1.54, 1.807) is 12.1 Å². The van der Waals surface area contributed by atoms with Gasteiger partial charge in [0.15, 0.2) is 0 Å². The molecule has 1 aromatic rings. The first-order valence-corrected chi connectivity index (χ1v) is 5.53. The van der Waals surface area contributed by atoms with E-state index in [4.69, 9.17) is 10.8 Å². The predicted octanol–water partition coefficient (Wildman–Crippen LogP) is -0.631. The molecule has 2 amide bonds. The summed E-state index contributed by atoms with van der Waals surface area (Å²) in [5.74, 6) is -1.07. The Balaban J connectivity index is 2.30. The first-order valence-electron chi connectivity index (χ1n) is 5.53. The molecule has 0 spiro atoms. The second-order valence-corrected chi connectivity index (χ2v) is 3.96. The fourth-order valence-electron chi connectivity index (χ4n) is 1.27. The number of nitrogens with two attached hydrogens (primary N) is 1. The molecule has 0 aromatic heterocycles. The molecule has 98 valence electrons. The van der Waals surface area contributed by atoms with Gasteiger partial charge >= 0.3 is 0 Å². The minimum atomic E-state index is -1.28. The fraction of sp³-hybridized carbons (Fsp3) is 0.333. The van der Waals surface area contributed by atoms with Crippen molar-refractivity contribution in [1.29, 1.82) is 0 Å². The second-order valence-electron chi connectivity index (χ2n) is 3.96. The lowest BCUT2D eigenvalue weighted by Gasteiger charge is -2.09. The van der Waals surface area contributed by atoms with Crippen LogP contribution >= 0.6 is 0 Å². The lowest BCUT2D eigenvalue weighted by molar-refractivity contribution is -0.126. The molecule has 0 aliphatic carbocycles. The van der Waals surface area contributed by atoms with Gasteiger partial charge in [0.1, 0.15) is 6.10 Å². The van der Waals surface area contributed by atoms with Gasteiger partial charge in [0.25, 0.3) is 0 Å². The van der Waals surface area contributed by atoms with Crippen LogP contribution in [0, 0.1) is 6.92 Å². The third kappa shape index (κ3) is 4.94. The van der Waals surface area contributed by atoms with Crippen LogP contribution in [0.1, 0.15) is 5.56 Å². The molecule has 0 aliphatic rings. The molecule has 0 saturated carbocycles. The van der Waals surface area contributed by atoms with Crippen LogP contribution in [0.3, 0.4) is 0 Å². The van der Waals surface area contributed by atoms with E-state index in [0.29, 0.717) is 5.69 Å². The van der Waals surface area contributed by atoms with Crippen LogP contribution in [-0.4, -0.2) is 36.1 Å². The lowest BCUT2D eigenvalue weighted by atomic mass is 10.2. The number of primary amides is 1. The number of carbonyl (C=O) groups excluding carboxylic acids is 2. The van der Waals surface area contributed by atoms with Crippen molar-refractivity contribution in [2.24, 2.45) is 5.73 Å². The number of aliphatic hydroxyl groups excluding tert-OH is 1. The number of aryl methyl sites for hydroxylation is 1. The highest BCUT2D eigenvalue weighted by atomic mass is 16.3. The summed E-state index contributed by atoms with van der Waals surface area (Å²) >= 11 is 0. The maximum Gasteiger partial charge on any atom is 0.247 e. The maximum absolute atomic E-state index is 11.5. The van der Waals surface area contributed by atoms with Gasteiger partial charge in [-0.05, 0) is 19.1 Å². The van der Waals surface area contributed by atoms with E-state index in [-0.39, 0.29) is 19.0 Å². The zero-order valence-electron chi connectivity index (χ0n) is 10.1. The van der Waals surface area contributed by atoms with Gasteiger partial charge in [0.2, 0.25) is 11.8 Å². The average molecular weight is 251 g/mol. The second kappa shape index (κ2) is 6.73. The third-order valence-electron chi connectivity index (χ3n) is 2.29. The average Bonchev–Trinajstić information content (AvgIpc) is 2.32. The van der Waals surface area contributed by atoms with Crippen molar-refractivity contribution in [2.45, 2.75) is 13.0 Å². The number of anilines is 1. The normalized spacial score (nSPS) is 11.9. The van der Waals surface area contributed by atoms with Gasteiger partial charge in [-0.25, -0.2) is 0 Å². The standard InChI is InChI=1S/C12H17N3O3/c1-8-2-4-9(5-3-8)15-11(17)7-14-6-10(16)12(13)18/h2-5,10,14,16H,6-7H2,1H3,(H2,13,18)(H,15,17). The highest BCUT2D eigenvalue weighted by Gasteiger charge is 2.10. The van der Waals surface area contributed by atoms with Crippen LogP contribution in [0.25, 0.3) is 0 Å². The van der Waals surface area contributed by atoms with Crippen molar-refractivity contribution in [3.8, 4) is 0 Å². The van der Waals surface area contributed by atoms with Crippen LogP contribution < -0.4 is 16.4 Å². The topological polar surface area (TPSA) is 104 Å². The third-order valence-corrected chi connectivity index (χ3v) is 2.29. The molecule has 0 aliphatic heterocycles. The van der Waals surface area contributed by atoms with E-state index in [1.165, 1.54) is 0 Å². The Hall–Kier alpha value is -1.92. The fourth-order valence-corrected chi connectivity index (χ4v) is 1.27. The molecule has 1 rings (SSSR count). The number of aliphatic hydroxyl groups is 1. The minimum absolute atomic E-state index is 0.00177. The van der Waals surface area contributed by atoms with E-state index >= 15 is 0 Å². The number of rotatable bonds is 6. The Bertz CT molecular complexity index is 417. The highest BCUT2D eigenvalue weighted by Crippen LogP contribution is 2.07. The lowest BCUT2D eigenvalue weighted by Crippen LogP contribution is -2.40. The molecular weight excluding hydrogens is 234 g/mol. The molecule has 18 heavy (non-hydrogen) atoms. The van der Waals surface area contributed by atoms with Crippen LogP contribution in [0.5, 0.6) is 0 Å². The number of hydrogen-bond donors (Lipinski definition) is 4. The van der Waals surface area contributed by atoms with E-state index in [9.17, 15) is 9.59 Å². The van der Waals surface area contributed by atoms with E-state index in [1.807, 2.05) is 19.1 Å². The Morgan fingerprint density at radius 2 is 1.94 bits per heavy atom. The molecule has 1 unspecified atom stereocenters. The molecule has 0 radical (unpaired) electrons. The minimum Gasteiger partial charge on any atom is -0.382 e. The summed E-state index contributed by atoms with van der Waals surface area (Å²) in [6, 6.07) is 7.37. The zero-order chi connectivity index (χ0) is 13.5. The largest absolute Gasteiger partial charge is 0.382 e. The Morgan fingerprint density at radius 3 is 2.50 bits per heavy atom. The molecule has 0 bridgehead atoms. The Kier molecular flexibility index (Phi) is 5.29. The SMILES string of the molecule is Cc1ccc(NC(=O)CNCC(O)C(N)=O)cc1. The zero-order valence-corrected chi connectivity index (χ0v) is 10.1. The van der Waals surface area contributed by atoms with Gasteiger partial charge in [-0.3, -0.25) is 9.59 Å². The summed E-state index contributed by atoms with van der Waals surface area (Å²) < 4.78 is 0. The predicted molar refractivity (Wildman–Crippen MR) is 67.9 cm³/mol. The van der Waals surface area contributed by atoms with E-state index in [2.05, 4.69) is 10.6 Å². The van der Waals surface area contributed by atoms with Gasteiger partial charge in [-0.1, -0.05) is 17.7 Å². The molecule has 1 atom stereocenters. The van der Waals surface area contributed by atoms with Crippen LogP contribution in [0.4, 0.5) is 5.69 Å². The summed E-state index contributed by atoms with van der Waals surface area (Å²) in [7, 11) is 0. The number of nitrogens with one attached hydrogen (secondary N) is 2. The van der Waals surface area contributed by atoms with Gasteiger partial charge in [0, 0.05) is 12.2 Å². The molecule has 5 N–H and O–H groups in total. The smallest absolute Gasteiger partial charge is 0.247 e. The van der Waals surface area contributed by atoms with Gasteiger partial charge < -0.3 is 21.5 Å². The Labute approximate surface area is 105 Å². The molecular formula is C12H17N3O3. The molecule has 6 heteroatoms. The summed E-state index contributed by atoms with van der Waals surface area (Å²) in [5, 5.41) is 14.4. The summed E-state index contributed by atoms with van der Waals surface area (Å²) in [4.78, 5) is 22.0. The summed E-state index contributed by atoms with van der Waals surface area (Å²) in [6.07, 6.45) is -1.28. The maximum atomic E-state index is 11.5. The van der Waals surface area contributed by atoms with Gasteiger partial charge in [-0.2, -0.15) is 0 Å². The van der Waals surface area contributed by atoms with E-state index < -0.39 is 12.0 Å². The number of hydrogen-bond acceptors (Lipinski definition) is 4. The van der Waals surface area contributed by atoms with Crippen molar-refractivity contribution in [2.75, 3.05) is 18.4 Å². The van der Waals surface area contributed by atoms with E-state index in [0.717, 1.165) is 5.56 Å². The Morgan fingerprint density at radius 1 is 1.33 bits per heavy atom.